The van der Waals surface area contributed by atoms with Crippen LogP contribution in [0.5, 0.6) is 0 Å². The topological polar surface area (TPSA) is 53.1 Å². The van der Waals surface area contributed by atoms with E-state index in [-0.39, 0.29) is 0 Å². The number of hydrogen-bond donors (Lipinski definition) is 1. The van der Waals surface area contributed by atoms with Crippen LogP contribution in [0.4, 0.5) is 0 Å². The first-order chi connectivity index (χ1) is 9.13. The maximum Gasteiger partial charge on any atom is 0.168 e. The van der Waals surface area contributed by atoms with E-state index in [1.807, 2.05) is 0 Å². The van der Waals surface area contributed by atoms with E-state index in [1.54, 1.807) is 11.8 Å². The molecule has 0 fully saturated rings. The molecule has 1 aromatic heterocycles. The highest BCUT2D eigenvalue weighted by Gasteiger charge is 2.09. The van der Waals surface area contributed by atoms with E-state index in [2.05, 4.69) is 42.6 Å². The molecule has 0 aliphatic heterocycles. The summed E-state index contributed by atoms with van der Waals surface area (Å²) >= 11 is 1.72. The smallest absolute Gasteiger partial charge is 0.168 e. The van der Waals surface area contributed by atoms with Crippen molar-refractivity contribution in [2.75, 3.05) is 25.5 Å². The van der Waals surface area contributed by atoms with Crippen molar-refractivity contribution in [3.63, 3.8) is 0 Å². The molecule has 0 aliphatic rings. The van der Waals surface area contributed by atoms with Crippen LogP contribution in [0.2, 0.25) is 0 Å². The highest BCUT2D eigenvalue weighted by atomic mass is 32.2. The second-order valence-electron chi connectivity index (χ2n) is 4.63. The van der Waals surface area contributed by atoms with E-state index in [4.69, 9.17) is 10.5 Å². The van der Waals surface area contributed by atoms with Crippen LogP contribution in [0, 0.1) is 13.8 Å². The lowest BCUT2D eigenvalue weighted by Crippen LogP contribution is -2.10. The van der Waals surface area contributed by atoms with Crippen molar-refractivity contribution < 1.29 is 4.74 Å². The lowest BCUT2D eigenvalue weighted by Gasteiger charge is -2.04. The van der Waals surface area contributed by atoms with E-state index in [0.29, 0.717) is 19.8 Å². The van der Waals surface area contributed by atoms with Gasteiger partial charge in [-0.15, -0.1) is 0 Å². The van der Waals surface area contributed by atoms with Gasteiger partial charge in [0.1, 0.15) is 0 Å². The molecule has 0 aliphatic carbocycles. The second-order valence-corrected chi connectivity index (χ2v) is 5.69. The molecular weight excluding hydrogens is 258 g/mol. The van der Waals surface area contributed by atoms with Crippen LogP contribution in [0.3, 0.4) is 0 Å². The van der Waals surface area contributed by atoms with Crippen molar-refractivity contribution in [1.82, 2.24) is 9.55 Å². The zero-order chi connectivity index (χ0) is 13.8. The van der Waals surface area contributed by atoms with E-state index >= 15 is 0 Å². The van der Waals surface area contributed by atoms with E-state index < -0.39 is 0 Å². The molecule has 0 bridgehead atoms. The Kier molecular flexibility index (Phi) is 4.85. The SMILES string of the molecule is Cc1cc2nc(SCCOCCN)n(C)c2cc1C. The Balaban J connectivity index is 2.09. The van der Waals surface area contributed by atoms with Crippen molar-refractivity contribution in [3.05, 3.63) is 23.3 Å². The molecule has 104 valence electrons. The lowest BCUT2D eigenvalue weighted by molar-refractivity contribution is 0.158. The first-order valence-corrected chi connectivity index (χ1v) is 7.46. The average molecular weight is 279 g/mol. The van der Waals surface area contributed by atoms with Crippen LogP contribution in [-0.2, 0) is 11.8 Å². The molecule has 0 unspecified atom stereocenters. The predicted octanol–water partition coefficient (Wildman–Crippen LogP) is 2.26. The van der Waals surface area contributed by atoms with E-state index in [9.17, 15) is 0 Å². The minimum Gasteiger partial charge on any atom is -0.379 e. The third kappa shape index (κ3) is 3.29. The largest absolute Gasteiger partial charge is 0.379 e. The molecule has 0 saturated carbocycles. The van der Waals surface area contributed by atoms with Gasteiger partial charge in [0.25, 0.3) is 0 Å². The maximum absolute atomic E-state index is 5.38. The Morgan fingerprint density at radius 1 is 1.26 bits per heavy atom. The normalized spacial score (nSPS) is 11.4. The van der Waals surface area contributed by atoms with Gasteiger partial charge in [-0.05, 0) is 37.1 Å². The third-order valence-corrected chi connectivity index (χ3v) is 4.17. The molecule has 0 spiro atoms. The monoisotopic (exact) mass is 279 g/mol. The number of aryl methyl sites for hydroxylation is 3. The zero-order valence-electron chi connectivity index (χ0n) is 11.8. The van der Waals surface area contributed by atoms with Crippen LogP contribution in [0.1, 0.15) is 11.1 Å². The van der Waals surface area contributed by atoms with Gasteiger partial charge in [-0.3, -0.25) is 0 Å². The van der Waals surface area contributed by atoms with Gasteiger partial charge in [0.2, 0.25) is 0 Å². The van der Waals surface area contributed by atoms with Crippen LogP contribution in [0.25, 0.3) is 11.0 Å². The van der Waals surface area contributed by atoms with Gasteiger partial charge in [0.15, 0.2) is 5.16 Å². The summed E-state index contributed by atoms with van der Waals surface area (Å²) in [5.74, 6) is 0.898. The highest BCUT2D eigenvalue weighted by Crippen LogP contribution is 2.25. The molecule has 1 aromatic carbocycles. The van der Waals surface area contributed by atoms with Crippen LogP contribution >= 0.6 is 11.8 Å². The van der Waals surface area contributed by atoms with Gasteiger partial charge >= 0.3 is 0 Å². The van der Waals surface area contributed by atoms with Crippen molar-refractivity contribution in [3.8, 4) is 0 Å². The number of imidazole rings is 1. The van der Waals surface area contributed by atoms with Crippen LogP contribution in [0.15, 0.2) is 17.3 Å². The number of aromatic nitrogens is 2. The van der Waals surface area contributed by atoms with Crippen molar-refractivity contribution in [2.24, 2.45) is 12.8 Å². The number of fused-ring (bicyclic) bond motifs is 1. The molecule has 5 heteroatoms. The number of rotatable bonds is 6. The van der Waals surface area contributed by atoms with Crippen LogP contribution in [-0.4, -0.2) is 35.1 Å². The Hall–Kier alpha value is -1.04. The Morgan fingerprint density at radius 2 is 2.00 bits per heavy atom. The fourth-order valence-electron chi connectivity index (χ4n) is 1.93. The van der Waals surface area contributed by atoms with Gasteiger partial charge in [-0.25, -0.2) is 4.98 Å². The summed E-state index contributed by atoms with van der Waals surface area (Å²) in [6.45, 7) is 6.17. The van der Waals surface area contributed by atoms with Gasteiger partial charge in [-0.1, -0.05) is 11.8 Å². The van der Waals surface area contributed by atoms with Gasteiger partial charge < -0.3 is 15.0 Å². The molecule has 4 nitrogen and oxygen atoms in total. The number of nitrogens with zero attached hydrogens (tertiary/aromatic N) is 2. The lowest BCUT2D eigenvalue weighted by atomic mass is 10.1. The minimum atomic E-state index is 0.579. The molecule has 0 radical (unpaired) electrons. The van der Waals surface area contributed by atoms with E-state index in [0.717, 1.165) is 16.4 Å². The highest BCUT2D eigenvalue weighted by molar-refractivity contribution is 7.99. The zero-order valence-corrected chi connectivity index (χ0v) is 12.6. The molecule has 2 rings (SSSR count). The molecular formula is C14H21N3OS. The quantitative estimate of drug-likeness (QED) is 0.651. The number of thioether (sulfide) groups is 1. The Morgan fingerprint density at radius 3 is 2.74 bits per heavy atom. The number of nitrogens with two attached hydrogens (primary N) is 1. The molecule has 0 saturated heterocycles. The Labute approximate surface area is 118 Å². The summed E-state index contributed by atoms with van der Waals surface area (Å²) < 4.78 is 7.52. The first kappa shape index (κ1) is 14.4. The van der Waals surface area contributed by atoms with Gasteiger partial charge in [0, 0.05) is 19.3 Å². The van der Waals surface area contributed by atoms with Gasteiger partial charge in [0.05, 0.1) is 24.2 Å². The summed E-state index contributed by atoms with van der Waals surface area (Å²) in [6, 6.07) is 4.35. The summed E-state index contributed by atoms with van der Waals surface area (Å²) in [7, 11) is 2.06. The molecule has 0 atom stereocenters. The third-order valence-electron chi connectivity index (χ3n) is 3.18. The second kappa shape index (κ2) is 6.41. The molecule has 2 aromatic rings. The fourth-order valence-corrected chi connectivity index (χ4v) is 2.77. The summed E-state index contributed by atoms with van der Waals surface area (Å²) in [4.78, 5) is 4.68. The molecule has 0 amide bonds. The summed E-state index contributed by atoms with van der Waals surface area (Å²) in [5, 5.41) is 1.04. The maximum atomic E-state index is 5.38. The number of ether oxygens (including phenoxy) is 1. The minimum absolute atomic E-state index is 0.579. The van der Waals surface area contributed by atoms with Crippen LogP contribution < -0.4 is 5.73 Å². The summed E-state index contributed by atoms with van der Waals surface area (Å²) in [6.07, 6.45) is 0. The number of hydrogen-bond acceptors (Lipinski definition) is 4. The molecule has 2 N–H and O–H groups in total. The first-order valence-electron chi connectivity index (χ1n) is 6.47. The predicted molar refractivity (Wildman–Crippen MR) is 80.8 cm³/mol. The fraction of sp³-hybridized carbons (Fsp3) is 0.500. The van der Waals surface area contributed by atoms with E-state index in [1.165, 1.54) is 16.6 Å². The molecule has 19 heavy (non-hydrogen) atoms. The Bertz CT molecular complexity index is 565. The standard InChI is InChI=1S/C14H21N3OS/c1-10-8-12-13(9-11(10)2)17(3)14(16-12)19-7-6-18-5-4-15/h8-9H,4-7,15H2,1-3H3. The van der Waals surface area contributed by atoms with Crippen molar-refractivity contribution >= 4 is 22.8 Å². The summed E-state index contributed by atoms with van der Waals surface area (Å²) in [5.41, 5.74) is 10.2. The van der Waals surface area contributed by atoms with Gasteiger partial charge in [-0.2, -0.15) is 0 Å². The average Bonchev–Trinajstić information content (AvgIpc) is 2.67. The van der Waals surface area contributed by atoms with Crippen molar-refractivity contribution in [1.29, 1.82) is 0 Å². The van der Waals surface area contributed by atoms with Crippen molar-refractivity contribution in [2.45, 2.75) is 19.0 Å². The molecule has 1 heterocycles. The number of benzene rings is 1.